The van der Waals surface area contributed by atoms with Crippen molar-refractivity contribution in [3.63, 3.8) is 0 Å². The molecule has 0 aliphatic carbocycles. The fourth-order valence-corrected chi connectivity index (χ4v) is 2.42. The second-order valence-corrected chi connectivity index (χ2v) is 5.44. The van der Waals surface area contributed by atoms with Crippen molar-refractivity contribution in [1.29, 1.82) is 0 Å². The number of aromatic nitrogens is 1. The van der Waals surface area contributed by atoms with Gasteiger partial charge in [-0.15, -0.1) is 0 Å². The van der Waals surface area contributed by atoms with E-state index in [1.54, 1.807) is 6.20 Å². The Hall–Kier alpha value is -2.17. The second-order valence-electron chi connectivity index (χ2n) is 4.56. The third-order valence-corrected chi connectivity index (χ3v) is 3.63. The molecule has 3 rings (SSSR count). The van der Waals surface area contributed by atoms with Crippen molar-refractivity contribution < 1.29 is 0 Å². The van der Waals surface area contributed by atoms with Gasteiger partial charge in [0.1, 0.15) is 4.99 Å². The Balaban J connectivity index is 2.16. The fourth-order valence-electron chi connectivity index (χ4n) is 2.14. The minimum atomic E-state index is 0.310. The molecule has 0 aliphatic heterocycles. The summed E-state index contributed by atoms with van der Waals surface area (Å²) in [4.78, 5) is 4.70. The number of para-hydroxylation sites is 1. The lowest BCUT2D eigenvalue weighted by Crippen LogP contribution is -2.12. The summed E-state index contributed by atoms with van der Waals surface area (Å²) in [6, 6.07) is 15.3. The first-order valence-electron chi connectivity index (χ1n) is 6.35. The highest BCUT2D eigenvalue weighted by Crippen LogP contribution is 2.29. The van der Waals surface area contributed by atoms with Crippen LogP contribution in [0.15, 0.2) is 54.7 Å². The molecule has 0 fully saturated rings. The van der Waals surface area contributed by atoms with Gasteiger partial charge in [-0.2, -0.15) is 0 Å². The quantitative estimate of drug-likeness (QED) is 0.709. The predicted octanol–water partition coefficient (Wildman–Crippen LogP) is 4.27. The van der Waals surface area contributed by atoms with Crippen LogP contribution in [-0.2, 0) is 0 Å². The largest absolute Gasteiger partial charge is 0.389 e. The van der Waals surface area contributed by atoms with E-state index in [9.17, 15) is 0 Å². The molecule has 5 heteroatoms. The van der Waals surface area contributed by atoms with Gasteiger partial charge >= 0.3 is 0 Å². The van der Waals surface area contributed by atoms with E-state index in [2.05, 4.69) is 10.3 Å². The molecule has 2 aromatic carbocycles. The number of anilines is 2. The molecule has 1 heterocycles. The highest BCUT2D eigenvalue weighted by molar-refractivity contribution is 7.80. The molecule has 0 atom stereocenters. The second kappa shape index (κ2) is 5.68. The lowest BCUT2D eigenvalue weighted by atomic mass is 10.1. The van der Waals surface area contributed by atoms with E-state index in [1.165, 1.54) is 0 Å². The molecule has 0 amide bonds. The van der Waals surface area contributed by atoms with Crippen LogP contribution in [0.25, 0.3) is 10.9 Å². The number of rotatable bonds is 3. The number of hydrogen-bond donors (Lipinski definition) is 2. The minimum absolute atomic E-state index is 0.310. The van der Waals surface area contributed by atoms with Gasteiger partial charge in [0.15, 0.2) is 0 Å². The number of thiocarbonyl (C=S) groups is 1. The number of hydrogen-bond acceptors (Lipinski definition) is 3. The third kappa shape index (κ3) is 2.82. The smallest absolute Gasteiger partial charge is 0.107 e. The van der Waals surface area contributed by atoms with Gasteiger partial charge in [-0.1, -0.05) is 42.0 Å². The first-order valence-corrected chi connectivity index (χ1v) is 7.14. The van der Waals surface area contributed by atoms with Gasteiger partial charge in [-0.25, -0.2) is 0 Å². The zero-order chi connectivity index (χ0) is 14.8. The van der Waals surface area contributed by atoms with Crippen molar-refractivity contribution in [2.45, 2.75) is 0 Å². The van der Waals surface area contributed by atoms with Crippen LogP contribution < -0.4 is 11.1 Å². The standard InChI is InChI=1S/C16H12ClN3S/c17-10-5-7-11(8-6-10)20-15-12-3-1-2-4-14(12)19-9-13(15)16(18)21/h1-9H,(H2,18,21)(H,19,20). The number of benzene rings is 2. The predicted molar refractivity (Wildman–Crippen MR) is 92.4 cm³/mol. The van der Waals surface area contributed by atoms with Crippen molar-refractivity contribution in [3.8, 4) is 0 Å². The zero-order valence-electron chi connectivity index (χ0n) is 11.0. The summed E-state index contributed by atoms with van der Waals surface area (Å²) in [5.41, 5.74) is 9.19. The number of pyridine rings is 1. The summed E-state index contributed by atoms with van der Waals surface area (Å²) in [7, 11) is 0. The van der Waals surface area contributed by atoms with E-state index in [4.69, 9.17) is 29.6 Å². The van der Waals surface area contributed by atoms with Crippen LogP contribution in [0.5, 0.6) is 0 Å². The molecule has 104 valence electrons. The number of nitrogens with two attached hydrogens (primary N) is 1. The highest BCUT2D eigenvalue weighted by atomic mass is 35.5. The monoisotopic (exact) mass is 313 g/mol. The SMILES string of the molecule is NC(=S)c1cnc2ccccc2c1Nc1ccc(Cl)cc1. The Kier molecular flexibility index (Phi) is 3.73. The van der Waals surface area contributed by atoms with Crippen molar-refractivity contribution in [1.82, 2.24) is 4.98 Å². The van der Waals surface area contributed by atoms with Gasteiger partial charge in [0.2, 0.25) is 0 Å². The molecule has 0 radical (unpaired) electrons. The summed E-state index contributed by atoms with van der Waals surface area (Å²) in [5.74, 6) is 0. The van der Waals surface area contributed by atoms with Crippen LogP contribution in [0.2, 0.25) is 5.02 Å². The average molecular weight is 314 g/mol. The normalized spacial score (nSPS) is 10.5. The summed E-state index contributed by atoms with van der Waals surface area (Å²) < 4.78 is 0. The van der Waals surface area contributed by atoms with E-state index in [0.29, 0.717) is 10.0 Å². The van der Waals surface area contributed by atoms with E-state index < -0.39 is 0 Å². The number of nitrogens with one attached hydrogen (secondary N) is 1. The number of fused-ring (bicyclic) bond motifs is 1. The Labute approximate surface area is 132 Å². The molecule has 0 unspecified atom stereocenters. The molecule has 1 aromatic heterocycles. The minimum Gasteiger partial charge on any atom is -0.389 e. The van der Waals surface area contributed by atoms with Gasteiger partial charge < -0.3 is 11.1 Å². The molecule has 0 aliphatic rings. The van der Waals surface area contributed by atoms with E-state index in [0.717, 1.165) is 27.8 Å². The molecular weight excluding hydrogens is 302 g/mol. The number of nitrogens with zero attached hydrogens (tertiary/aromatic N) is 1. The zero-order valence-corrected chi connectivity index (χ0v) is 12.6. The van der Waals surface area contributed by atoms with Crippen LogP contribution >= 0.6 is 23.8 Å². The van der Waals surface area contributed by atoms with Gasteiger partial charge in [-0.05, 0) is 30.3 Å². The van der Waals surface area contributed by atoms with Crippen LogP contribution in [0.4, 0.5) is 11.4 Å². The van der Waals surface area contributed by atoms with Gasteiger partial charge in [0.25, 0.3) is 0 Å². The molecule has 3 N–H and O–H groups in total. The first kappa shape index (κ1) is 13.8. The maximum Gasteiger partial charge on any atom is 0.107 e. The summed E-state index contributed by atoms with van der Waals surface area (Å²) >= 11 is 11.0. The summed E-state index contributed by atoms with van der Waals surface area (Å²) in [6.07, 6.45) is 1.70. The molecule has 3 nitrogen and oxygen atoms in total. The maximum absolute atomic E-state index is 5.91. The Morgan fingerprint density at radius 1 is 1.10 bits per heavy atom. The van der Waals surface area contributed by atoms with E-state index in [-0.39, 0.29) is 0 Å². The van der Waals surface area contributed by atoms with Gasteiger partial charge in [0.05, 0.1) is 16.8 Å². The van der Waals surface area contributed by atoms with Crippen LogP contribution in [0, 0.1) is 0 Å². The van der Waals surface area contributed by atoms with Crippen molar-refractivity contribution in [3.05, 3.63) is 65.3 Å². The summed E-state index contributed by atoms with van der Waals surface area (Å²) in [5, 5.41) is 5.02. The summed E-state index contributed by atoms with van der Waals surface area (Å²) in [6.45, 7) is 0. The van der Waals surface area contributed by atoms with Crippen molar-refractivity contribution >= 4 is 51.1 Å². The average Bonchev–Trinajstić information content (AvgIpc) is 2.49. The molecule has 3 aromatic rings. The lowest BCUT2D eigenvalue weighted by Gasteiger charge is -2.14. The van der Waals surface area contributed by atoms with Gasteiger partial charge in [0, 0.05) is 22.3 Å². The molecule has 0 bridgehead atoms. The lowest BCUT2D eigenvalue weighted by molar-refractivity contribution is 1.38. The molecule has 21 heavy (non-hydrogen) atoms. The Morgan fingerprint density at radius 2 is 1.81 bits per heavy atom. The Bertz CT molecular complexity index is 815. The molecular formula is C16H12ClN3S. The van der Waals surface area contributed by atoms with Crippen LogP contribution in [0.1, 0.15) is 5.56 Å². The third-order valence-electron chi connectivity index (χ3n) is 3.15. The van der Waals surface area contributed by atoms with Gasteiger partial charge in [-0.3, -0.25) is 4.98 Å². The van der Waals surface area contributed by atoms with Crippen LogP contribution in [-0.4, -0.2) is 9.97 Å². The Morgan fingerprint density at radius 3 is 2.52 bits per heavy atom. The van der Waals surface area contributed by atoms with Crippen molar-refractivity contribution in [2.75, 3.05) is 5.32 Å². The van der Waals surface area contributed by atoms with E-state index in [1.807, 2.05) is 48.5 Å². The molecule has 0 saturated carbocycles. The topological polar surface area (TPSA) is 50.9 Å². The van der Waals surface area contributed by atoms with E-state index >= 15 is 0 Å². The molecule has 0 saturated heterocycles. The van der Waals surface area contributed by atoms with Crippen molar-refractivity contribution in [2.24, 2.45) is 5.73 Å². The number of halogens is 1. The first-order chi connectivity index (χ1) is 10.1. The fraction of sp³-hybridized carbons (Fsp3) is 0. The van der Waals surface area contributed by atoms with Crippen LogP contribution in [0.3, 0.4) is 0 Å². The maximum atomic E-state index is 5.91. The highest BCUT2D eigenvalue weighted by Gasteiger charge is 2.11. The molecule has 0 spiro atoms.